The molecule has 3 spiro atoms. The van der Waals surface area contributed by atoms with Crippen LogP contribution >= 0.6 is 11.3 Å². The second-order valence-electron chi connectivity index (χ2n) is 23.5. The van der Waals surface area contributed by atoms with Crippen LogP contribution in [0.15, 0.2) is 285 Å². The summed E-state index contributed by atoms with van der Waals surface area (Å²) >= 11 is 1.94. The molecule has 0 amide bonds. The smallest absolute Gasteiger partial charge is 0.0726 e. The van der Waals surface area contributed by atoms with Crippen LogP contribution in [-0.4, -0.2) is 0 Å². The molecular formula is C81H47NS. The second kappa shape index (κ2) is 15.7. The fourth-order valence-corrected chi connectivity index (χ4v) is 18.9. The lowest BCUT2D eigenvalue weighted by Crippen LogP contribution is -2.26. The zero-order valence-electron chi connectivity index (χ0n) is 45.0. The molecule has 0 N–H and O–H groups in total. The molecule has 6 aliphatic rings. The average molecular weight is 1070 g/mol. The third-order valence-corrected chi connectivity index (χ3v) is 21.5. The number of thiophene rings is 1. The van der Waals surface area contributed by atoms with Crippen molar-refractivity contribution in [2.45, 2.75) is 16.2 Å². The fraction of sp³-hybridized carbons (Fsp3) is 0.0370. The van der Waals surface area contributed by atoms with Crippen LogP contribution in [-0.2, 0) is 16.2 Å². The lowest BCUT2D eigenvalue weighted by molar-refractivity contribution is 0.793. The van der Waals surface area contributed by atoms with E-state index in [-0.39, 0.29) is 0 Å². The minimum absolute atomic E-state index is 0.530. The predicted molar refractivity (Wildman–Crippen MR) is 343 cm³/mol. The Kier molecular flexibility index (Phi) is 8.41. The molecule has 1 unspecified atom stereocenters. The summed E-state index contributed by atoms with van der Waals surface area (Å²) in [5, 5.41) is 2.65. The van der Waals surface area contributed by atoms with E-state index in [9.17, 15) is 0 Å². The standard InChI is InChI=1S/C81H47NS/c1-10-31-58-48(22-1)49-23-2-11-32-59(49)79(58)62-35-14-5-27-54(62)74-66(79)39-19-42-70(74)82(71-43-20-40-67-75(71)55-28-6-15-36-63(55)80(67)60-33-12-3-24-50(60)51-25-4-13-34-61(51)80)72-44-21-41-68-76(72)56-29-7-16-37-64(56)81(68)65-38-17-8-30-57(65)77-69(81)47-46-53-52-26-9-18-45-73(52)83-78(53)77/h1-47H. The number of fused-ring (bicyclic) bond motifs is 34. The van der Waals surface area contributed by atoms with Gasteiger partial charge in [-0.3, -0.25) is 0 Å². The highest BCUT2D eigenvalue weighted by atomic mass is 32.1. The Hall–Kier alpha value is -10.1. The van der Waals surface area contributed by atoms with Crippen molar-refractivity contribution in [1.82, 2.24) is 0 Å². The van der Waals surface area contributed by atoms with E-state index >= 15 is 0 Å². The maximum Gasteiger partial charge on any atom is 0.0726 e. The summed E-state index contributed by atoms with van der Waals surface area (Å²) in [6, 6.07) is 110. The Morgan fingerprint density at radius 3 is 0.867 bits per heavy atom. The molecular weight excluding hydrogens is 1020 g/mol. The lowest BCUT2D eigenvalue weighted by atomic mass is 9.70. The Labute approximate surface area is 485 Å². The van der Waals surface area contributed by atoms with Crippen LogP contribution in [0, 0.1) is 0 Å². The summed E-state index contributed by atoms with van der Waals surface area (Å²) in [6.45, 7) is 0. The van der Waals surface area contributed by atoms with Gasteiger partial charge in [0.25, 0.3) is 0 Å². The summed E-state index contributed by atoms with van der Waals surface area (Å²) in [5.74, 6) is 0. The van der Waals surface area contributed by atoms with Crippen molar-refractivity contribution in [3.8, 4) is 66.8 Å². The topological polar surface area (TPSA) is 3.24 Å². The van der Waals surface area contributed by atoms with Gasteiger partial charge in [-0.05, 0) is 136 Å². The van der Waals surface area contributed by atoms with Crippen molar-refractivity contribution in [3.05, 3.63) is 352 Å². The first-order valence-corrected chi connectivity index (χ1v) is 30.0. The Balaban J connectivity index is 0.934. The second-order valence-corrected chi connectivity index (χ2v) is 24.6. The van der Waals surface area contributed by atoms with E-state index in [1.807, 2.05) is 11.3 Å². The van der Waals surface area contributed by atoms with Gasteiger partial charge in [-0.25, -0.2) is 0 Å². The molecule has 6 aliphatic carbocycles. The number of nitrogens with zero attached hydrogens (tertiary/aromatic N) is 1. The Bertz CT molecular complexity index is 4980. The summed E-state index contributed by atoms with van der Waals surface area (Å²) in [5.41, 5.74) is 33.4. The predicted octanol–water partition coefficient (Wildman–Crippen LogP) is 20.6. The molecule has 0 aliphatic heterocycles. The van der Waals surface area contributed by atoms with Gasteiger partial charge >= 0.3 is 0 Å². The maximum atomic E-state index is 2.73. The van der Waals surface area contributed by atoms with Crippen molar-refractivity contribution in [2.75, 3.05) is 4.90 Å². The van der Waals surface area contributed by atoms with Gasteiger partial charge < -0.3 is 4.90 Å². The molecule has 0 fully saturated rings. The first-order valence-electron chi connectivity index (χ1n) is 29.2. The molecule has 382 valence electrons. The van der Waals surface area contributed by atoms with Crippen molar-refractivity contribution in [2.24, 2.45) is 0 Å². The molecule has 1 aromatic heterocycles. The Morgan fingerprint density at radius 2 is 0.482 bits per heavy atom. The Morgan fingerprint density at radius 1 is 0.205 bits per heavy atom. The quantitative estimate of drug-likeness (QED) is 0.170. The van der Waals surface area contributed by atoms with Crippen LogP contribution in [0.25, 0.3) is 86.9 Å². The first kappa shape index (κ1) is 44.6. The summed E-state index contributed by atoms with van der Waals surface area (Å²) in [7, 11) is 0. The molecule has 0 radical (unpaired) electrons. The van der Waals surface area contributed by atoms with Crippen molar-refractivity contribution in [3.63, 3.8) is 0 Å². The van der Waals surface area contributed by atoms with Crippen molar-refractivity contribution >= 4 is 48.6 Å². The first-order chi connectivity index (χ1) is 41.2. The third kappa shape index (κ3) is 5.04. The van der Waals surface area contributed by atoms with Crippen LogP contribution in [0.2, 0.25) is 0 Å². The SMILES string of the molecule is c1ccc2c(c1)-c1ccccc1C21c2ccccc2-c2c(N(c3cccc4c3-c3ccccc3C43c4ccccc4-c4ccccc43)c3cccc4c3-c3ccccc3C43c4ccccc4-c4c3ccc3c4sc4ccccc43)cccc21. The third-order valence-electron chi connectivity index (χ3n) is 20.3. The summed E-state index contributed by atoms with van der Waals surface area (Å²) in [4.78, 5) is 2.73. The van der Waals surface area contributed by atoms with Crippen molar-refractivity contribution in [1.29, 1.82) is 0 Å². The van der Waals surface area contributed by atoms with E-state index in [4.69, 9.17) is 0 Å². The van der Waals surface area contributed by atoms with Crippen molar-refractivity contribution < 1.29 is 0 Å². The number of hydrogen-bond donors (Lipinski definition) is 0. The minimum Gasteiger partial charge on any atom is -0.309 e. The zero-order chi connectivity index (χ0) is 53.9. The molecule has 1 heterocycles. The van der Waals surface area contributed by atoms with E-state index < -0.39 is 16.2 Å². The highest BCUT2D eigenvalue weighted by Crippen LogP contribution is 2.70. The van der Waals surface area contributed by atoms with Crippen LogP contribution in [0.4, 0.5) is 17.1 Å². The molecule has 0 saturated heterocycles. The van der Waals surface area contributed by atoms with E-state index in [2.05, 4.69) is 290 Å². The van der Waals surface area contributed by atoms with Crippen LogP contribution in [0.3, 0.4) is 0 Å². The van der Waals surface area contributed by atoms with E-state index in [1.165, 1.54) is 171 Å². The molecule has 13 aromatic carbocycles. The number of anilines is 3. The van der Waals surface area contributed by atoms with E-state index in [0.29, 0.717) is 0 Å². The average Bonchev–Trinajstić information content (AvgIpc) is 1.61. The van der Waals surface area contributed by atoms with E-state index in [0.717, 1.165) is 0 Å². The lowest BCUT2D eigenvalue weighted by Gasteiger charge is -2.34. The molecule has 1 nitrogen and oxygen atoms in total. The zero-order valence-corrected chi connectivity index (χ0v) is 45.8. The number of rotatable bonds is 3. The van der Waals surface area contributed by atoms with Gasteiger partial charge in [-0.2, -0.15) is 0 Å². The van der Waals surface area contributed by atoms with Crippen LogP contribution in [0.5, 0.6) is 0 Å². The highest BCUT2D eigenvalue weighted by molar-refractivity contribution is 7.26. The van der Waals surface area contributed by atoms with Gasteiger partial charge in [0.2, 0.25) is 0 Å². The van der Waals surface area contributed by atoms with Gasteiger partial charge in [-0.15, -0.1) is 11.3 Å². The normalized spacial score (nSPS) is 16.2. The molecule has 0 bridgehead atoms. The monoisotopic (exact) mass is 1070 g/mol. The van der Waals surface area contributed by atoms with Crippen LogP contribution < -0.4 is 4.90 Å². The molecule has 2 heteroatoms. The number of benzene rings is 13. The van der Waals surface area contributed by atoms with Gasteiger partial charge in [0.15, 0.2) is 0 Å². The molecule has 1 atom stereocenters. The highest BCUT2D eigenvalue weighted by Gasteiger charge is 2.57. The largest absolute Gasteiger partial charge is 0.309 e. The van der Waals surface area contributed by atoms with Gasteiger partial charge in [0.1, 0.15) is 0 Å². The van der Waals surface area contributed by atoms with Crippen LogP contribution in [0.1, 0.15) is 66.8 Å². The maximum absolute atomic E-state index is 2.73. The number of hydrogen-bond acceptors (Lipinski definition) is 2. The van der Waals surface area contributed by atoms with Gasteiger partial charge in [0, 0.05) is 42.4 Å². The minimum atomic E-state index is -0.580. The molecule has 83 heavy (non-hydrogen) atoms. The van der Waals surface area contributed by atoms with Gasteiger partial charge in [-0.1, -0.05) is 261 Å². The molecule has 20 rings (SSSR count). The summed E-state index contributed by atoms with van der Waals surface area (Å²) in [6.07, 6.45) is 0. The fourth-order valence-electron chi connectivity index (χ4n) is 17.6. The molecule has 0 saturated carbocycles. The molecule has 14 aromatic rings. The van der Waals surface area contributed by atoms with Gasteiger partial charge in [0.05, 0.1) is 33.3 Å². The van der Waals surface area contributed by atoms with E-state index in [1.54, 1.807) is 0 Å². The summed E-state index contributed by atoms with van der Waals surface area (Å²) < 4.78 is 2.69.